The Kier molecular flexibility index (Phi) is 4.52. The van der Waals surface area contributed by atoms with E-state index in [-0.39, 0.29) is 5.91 Å². The van der Waals surface area contributed by atoms with Crippen molar-refractivity contribution in [1.29, 1.82) is 0 Å². The van der Waals surface area contributed by atoms with E-state index in [1.54, 1.807) is 6.92 Å². The molecule has 0 aromatic heterocycles. The second kappa shape index (κ2) is 5.68. The number of hydrogen-bond acceptors (Lipinski definition) is 2. The average molecular weight is 225 g/mol. The van der Waals surface area contributed by atoms with Gasteiger partial charge in [-0.3, -0.25) is 4.79 Å². The van der Waals surface area contributed by atoms with Crippen molar-refractivity contribution in [2.75, 3.05) is 6.54 Å². The molecule has 0 aromatic rings. The molecule has 1 saturated heterocycles. The molecule has 0 aliphatic carbocycles. The molecular weight excluding hydrogens is 206 g/mol. The molecule has 0 saturated carbocycles. The van der Waals surface area contributed by atoms with Gasteiger partial charge in [-0.1, -0.05) is 19.4 Å². The maximum absolute atomic E-state index is 12.0. The maximum atomic E-state index is 12.0. The number of likely N-dealkylation sites (tertiary alicyclic amines) is 1. The third-order valence-corrected chi connectivity index (χ3v) is 2.88. The summed E-state index contributed by atoms with van der Waals surface area (Å²) in [6.45, 7) is 4.37. The monoisotopic (exact) mass is 225 g/mol. The summed E-state index contributed by atoms with van der Waals surface area (Å²) in [6, 6.07) is -0.627. The van der Waals surface area contributed by atoms with Crippen LogP contribution in [0.25, 0.3) is 0 Å². The largest absolute Gasteiger partial charge is 0.480 e. The first-order chi connectivity index (χ1) is 7.57. The van der Waals surface area contributed by atoms with E-state index in [0.717, 1.165) is 19.3 Å². The summed E-state index contributed by atoms with van der Waals surface area (Å²) in [7, 11) is 0. The van der Waals surface area contributed by atoms with Gasteiger partial charge < -0.3 is 10.0 Å². The van der Waals surface area contributed by atoms with Gasteiger partial charge in [0.05, 0.1) is 0 Å². The fraction of sp³-hybridized carbons (Fsp3) is 0.667. The van der Waals surface area contributed by atoms with Crippen LogP contribution in [-0.4, -0.2) is 34.5 Å². The van der Waals surface area contributed by atoms with E-state index >= 15 is 0 Å². The smallest absolute Gasteiger partial charge is 0.326 e. The zero-order valence-corrected chi connectivity index (χ0v) is 9.90. The predicted molar refractivity (Wildman–Crippen MR) is 61.0 cm³/mol. The van der Waals surface area contributed by atoms with Crippen molar-refractivity contribution in [2.45, 2.75) is 45.6 Å². The third-order valence-electron chi connectivity index (χ3n) is 2.88. The number of hydrogen-bond donors (Lipinski definition) is 1. The van der Waals surface area contributed by atoms with Gasteiger partial charge in [0.15, 0.2) is 0 Å². The number of allylic oxidation sites excluding steroid dienone is 1. The van der Waals surface area contributed by atoms with Crippen LogP contribution in [0.4, 0.5) is 0 Å². The highest BCUT2D eigenvalue weighted by atomic mass is 16.4. The molecule has 1 N–H and O–H groups in total. The van der Waals surface area contributed by atoms with Crippen LogP contribution in [0.1, 0.15) is 39.5 Å². The summed E-state index contributed by atoms with van der Waals surface area (Å²) in [4.78, 5) is 24.4. The predicted octanol–water partition coefficient (Wildman–Crippen LogP) is 1.81. The normalized spacial score (nSPS) is 21.2. The quantitative estimate of drug-likeness (QED) is 0.742. The van der Waals surface area contributed by atoms with Gasteiger partial charge in [0.2, 0.25) is 5.91 Å². The lowest BCUT2D eigenvalue weighted by atomic mass is 10.1. The van der Waals surface area contributed by atoms with E-state index in [2.05, 4.69) is 0 Å². The minimum atomic E-state index is -0.894. The highest BCUT2D eigenvalue weighted by Gasteiger charge is 2.34. The topological polar surface area (TPSA) is 57.6 Å². The van der Waals surface area contributed by atoms with Gasteiger partial charge in [-0.05, 0) is 26.2 Å². The third kappa shape index (κ3) is 2.84. The molecule has 4 heteroatoms. The highest BCUT2D eigenvalue weighted by molar-refractivity contribution is 5.95. The number of carbonyl (C=O) groups is 2. The number of carbonyl (C=O) groups excluding carboxylic acids is 1. The van der Waals surface area contributed by atoms with Crippen LogP contribution >= 0.6 is 0 Å². The number of rotatable bonds is 4. The van der Waals surface area contributed by atoms with Gasteiger partial charge in [-0.25, -0.2) is 4.79 Å². The molecular formula is C12H19NO3. The highest BCUT2D eigenvalue weighted by Crippen LogP contribution is 2.19. The van der Waals surface area contributed by atoms with Crippen LogP contribution in [0.15, 0.2) is 11.6 Å². The standard InChI is InChI=1S/C12H19NO3/c1-3-4-6-9(2)11(14)13-8-5-7-10(13)12(15)16/h6,10H,3-5,7-8H2,1-2H3,(H,15,16)/b9-6+. The molecule has 1 aliphatic rings. The summed E-state index contributed by atoms with van der Waals surface area (Å²) in [5.74, 6) is -1.02. The Labute approximate surface area is 95.9 Å². The second-order valence-electron chi connectivity index (χ2n) is 4.17. The SMILES string of the molecule is CCC/C=C(\C)C(=O)N1CCCC1C(=O)O. The molecule has 0 aromatic carbocycles. The van der Waals surface area contributed by atoms with Crippen LogP contribution in [0.3, 0.4) is 0 Å². The number of nitrogens with zero attached hydrogens (tertiary/aromatic N) is 1. The van der Waals surface area contributed by atoms with Crippen LogP contribution in [0.5, 0.6) is 0 Å². The van der Waals surface area contributed by atoms with Crippen molar-refractivity contribution >= 4 is 11.9 Å². The second-order valence-corrected chi connectivity index (χ2v) is 4.17. The Bertz CT molecular complexity index is 309. The van der Waals surface area contributed by atoms with Crippen molar-refractivity contribution < 1.29 is 14.7 Å². The summed E-state index contributed by atoms with van der Waals surface area (Å²) >= 11 is 0. The van der Waals surface area contributed by atoms with Gasteiger partial charge in [-0.15, -0.1) is 0 Å². The van der Waals surface area contributed by atoms with Crippen molar-refractivity contribution in [1.82, 2.24) is 4.90 Å². The van der Waals surface area contributed by atoms with Crippen LogP contribution in [-0.2, 0) is 9.59 Å². The lowest BCUT2D eigenvalue weighted by Crippen LogP contribution is -2.40. The van der Waals surface area contributed by atoms with Crippen molar-refractivity contribution in [3.63, 3.8) is 0 Å². The van der Waals surface area contributed by atoms with Gasteiger partial charge >= 0.3 is 5.97 Å². The van der Waals surface area contributed by atoms with E-state index in [4.69, 9.17) is 5.11 Å². The van der Waals surface area contributed by atoms with E-state index < -0.39 is 12.0 Å². The fourth-order valence-corrected chi connectivity index (χ4v) is 1.94. The minimum absolute atomic E-state index is 0.127. The molecule has 0 spiro atoms. The molecule has 1 fully saturated rings. The zero-order valence-electron chi connectivity index (χ0n) is 9.90. The zero-order chi connectivity index (χ0) is 12.1. The Morgan fingerprint density at radius 1 is 1.50 bits per heavy atom. The van der Waals surface area contributed by atoms with Gasteiger partial charge in [-0.2, -0.15) is 0 Å². The number of carboxylic acids is 1. The molecule has 16 heavy (non-hydrogen) atoms. The van der Waals surface area contributed by atoms with Crippen molar-refractivity contribution in [3.8, 4) is 0 Å². The molecule has 1 amide bonds. The maximum Gasteiger partial charge on any atom is 0.326 e. The van der Waals surface area contributed by atoms with E-state index in [1.165, 1.54) is 4.90 Å². The van der Waals surface area contributed by atoms with Gasteiger partial charge in [0.25, 0.3) is 0 Å². The first-order valence-corrected chi connectivity index (χ1v) is 5.78. The first kappa shape index (κ1) is 12.7. The number of unbranched alkanes of at least 4 members (excludes halogenated alkanes) is 1. The summed E-state index contributed by atoms with van der Waals surface area (Å²) in [5, 5.41) is 8.98. The summed E-state index contributed by atoms with van der Waals surface area (Å²) in [6.07, 6.45) is 5.10. The fourth-order valence-electron chi connectivity index (χ4n) is 1.94. The molecule has 1 atom stereocenters. The molecule has 1 unspecified atom stereocenters. The van der Waals surface area contributed by atoms with Crippen LogP contribution < -0.4 is 0 Å². The Hall–Kier alpha value is -1.32. The number of amides is 1. The van der Waals surface area contributed by atoms with Crippen molar-refractivity contribution in [2.24, 2.45) is 0 Å². The van der Waals surface area contributed by atoms with E-state index in [9.17, 15) is 9.59 Å². The summed E-state index contributed by atoms with van der Waals surface area (Å²) in [5.41, 5.74) is 0.662. The van der Waals surface area contributed by atoms with Crippen molar-refractivity contribution in [3.05, 3.63) is 11.6 Å². The van der Waals surface area contributed by atoms with E-state index in [1.807, 2.05) is 13.0 Å². The molecule has 4 nitrogen and oxygen atoms in total. The minimum Gasteiger partial charge on any atom is -0.480 e. The molecule has 0 radical (unpaired) electrons. The number of carboxylic acid groups (broad SMARTS) is 1. The molecule has 0 bridgehead atoms. The van der Waals surface area contributed by atoms with Gasteiger partial charge in [0, 0.05) is 12.1 Å². The van der Waals surface area contributed by atoms with Crippen LogP contribution in [0.2, 0.25) is 0 Å². The molecule has 1 heterocycles. The Balaban J connectivity index is 2.69. The van der Waals surface area contributed by atoms with E-state index in [0.29, 0.717) is 18.5 Å². The lowest BCUT2D eigenvalue weighted by Gasteiger charge is -2.21. The number of aliphatic carboxylic acids is 1. The van der Waals surface area contributed by atoms with Gasteiger partial charge in [0.1, 0.15) is 6.04 Å². The molecule has 90 valence electrons. The van der Waals surface area contributed by atoms with Crippen LogP contribution in [0, 0.1) is 0 Å². The average Bonchev–Trinajstić information content (AvgIpc) is 2.73. The lowest BCUT2D eigenvalue weighted by molar-refractivity contribution is -0.146. The Morgan fingerprint density at radius 2 is 2.19 bits per heavy atom. The molecule has 1 rings (SSSR count). The Morgan fingerprint density at radius 3 is 2.75 bits per heavy atom. The molecule has 1 aliphatic heterocycles. The summed E-state index contributed by atoms with van der Waals surface area (Å²) < 4.78 is 0. The first-order valence-electron chi connectivity index (χ1n) is 5.78.